The van der Waals surface area contributed by atoms with E-state index in [-0.39, 0.29) is 0 Å². The van der Waals surface area contributed by atoms with Crippen molar-refractivity contribution in [2.24, 2.45) is 23.7 Å². The van der Waals surface area contributed by atoms with Crippen molar-refractivity contribution in [2.45, 2.75) is 83.1 Å². The molecule has 12 heteroatoms. The Labute approximate surface area is 227 Å². The summed E-state index contributed by atoms with van der Waals surface area (Å²) in [5.74, 6) is 3.33. The second kappa shape index (κ2) is 37.0. The van der Waals surface area contributed by atoms with Crippen LogP contribution in [0.3, 0.4) is 0 Å². The number of H-pyrrole nitrogens is 2. The maximum atomic E-state index is 3.65. The van der Waals surface area contributed by atoms with Crippen molar-refractivity contribution in [3.05, 3.63) is 48.7 Å². The minimum absolute atomic E-state index is 0.833. The molecular weight excluding hydrogens is 492 g/mol. The highest BCUT2D eigenvalue weighted by molar-refractivity contribution is 7.03. The lowest BCUT2D eigenvalue weighted by Gasteiger charge is -1.79. The summed E-state index contributed by atoms with van der Waals surface area (Å²) in [6.07, 6.45) is 9.09. The molecular formula is C24H50N10S2. The van der Waals surface area contributed by atoms with Crippen LogP contribution >= 0.6 is 23.1 Å². The topological polar surface area (TPSA) is 135 Å². The van der Waals surface area contributed by atoms with E-state index in [0.717, 1.165) is 23.7 Å². The molecule has 0 aliphatic heterocycles. The van der Waals surface area contributed by atoms with Crippen molar-refractivity contribution in [1.29, 1.82) is 0 Å². The highest BCUT2D eigenvalue weighted by Crippen LogP contribution is 1.82. The van der Waals surface area contributed by atoms with Gasteiger partial charge in [-0.3, -0.25) is 10.2 Å². The zero-order valence-corrected chi connectivity index (χ0v) is 26.0. The zero-order valence-electron chi connectivity index (χ0n) is 24.3. The van der Waals surface area contributed by atoms with Gasteiger partial charge in [-0.2, -0.15) is 14.6 Å². The Kier molecular flexibility index (Phi) is 41.6. The fourth-order valence-corrected chi connectivity index (χ4v) is 1.15. The van der Waals surface area contributed by atoms with Gasteiger partial charge in [0, 0.05) is 5.38 Å². The molecule has 10 nitrogen and oxygen atoms in total. The van der Waals surface area contributed by atoms with Gasteiger partial charge in [-0.1, -0.05) is 87.6 Å². The van der Waals surface area contributed by atoms with Gasteiger partial charge in [0.2, 0.25) is 0 Å². The van der Waals surface area contributed by atoms with Gasteiger partial charge in [0.15, 0.2) is 0 Å². The maximum Gasteiger partial charge on any atom is 0.137 e. The Morgan fingerprint density at radius 1 is 0.556 bits per heavy atom. The van der Waals surface area contributed by atoms with Gasteiger partial charge in [-0.25, -0.2) is 15.0 Å². The molecule has 0 aromatic carbocycles. The van der Waals surface area contributed by atoms with Crippen LogP contribution in [-0.4, -0.2) is 49.3 Å². The number of hydrogen-bond acceptors (Lipinski definition) is 10. The molecule has 0 fully saturated rings. The van der Waals surface area contributed by atoms with E-state index in [4.69, 9.17) is 0 Å². The SMILES string of the molecule is CC(C)C.CC(C)C.CC(C)C.CC(C)C.c1csnn1.c1nc[nH]n1.c1nc[nH]n1.c1ncsn1. The van der Waals surface area contributed by atoms with Crippen LogP contribution in [0.15, 0.2) is 48.7 Å². The molecule has 0 atom stereocenters. The van der Waals surface area contributed by atoms with Gasteiger partial charge in [-0.15, -0.1) is 5.10 Å². The molecule has 0 bridgehead atoms. The summed E-state index contributed by atoms with van der Waals surface area (Å²) in [4.78, 5) is 10.7. The average Bonchev–Trinajstić information content (AvgIpc) is 3.60. The maximum absolute atomic E-state index is 3.65. The Bertz CT molecular complexity index is 504. The molecule has 0 radical (unpaired) electrons. The van der Waals surface area contributed by atoms with Crippen LogP contribution in [0.1, 0.15) is 83.1 Å². The normalized spacial score (nSPS) is 8.44. The molecule has 2 N–H and O–H groups in total. The molecule has 0 aliphatic rings. The fraction of sp³-hybridized carbons (Fsp3) is 0.667. The monoisotopic (exact) mass is 542 g/mol. The van der Waals surface area contributed by atoms with Crippen LogP contribution < -0.4 is 0 Å². The number of rotatable bonds is 0. The van der Waals surface area contributed by atoms with E-state index in [1.54, 1.807) is 11.7 Å². The van der Waals surface area contributed by atoms with Crippen LogP contribution in [0.25, 0.3) is 0 Å². The Morgan fingerprint density at radius 3 is 1.06 bits per heavy atom. The third-order valence-corrected chi connectivity index (χ3v) is 2.09. The highest BCUT2D eigenvalue weighted by atomic mass is 32.1. The molecule has 0 unspecified atom stereocenters. The summed E-state index contributed by atoms with van der Waals surface area (Å²) < 4.78 is 7.17. The van der Waals surface area contributed by atoms with Crippen LogP contribution in [0.4, 0.5) is 0 Å². The molecule has 0 saturated heterocycles. The van der Waals surface area contributed by atoms with Gasteiger partial charge >= 0.3 is 0 Å². The molecule has 4 heterocycles. The Hall–Kier alpha value is -2.60. The van der Waals surface area contributed by atoms with E-state index in [1.807, 2.05) is 5.38 Å². The van der Waals surface area contributed by atoms with E-state index in [2.05, 4.69) is 132 Å². The largest absolute Gasteiger partial charge is 0.266 e. The smallest absolute Gasteiger partial charge is 0.137 e. The predicted molar refractivity (Wildman–Crippen MR) is 155 cm³/mol. The van der Waals surface area contributed by atoms with Crippen molar-refractivity contribution in [2.75, 3.05) is 0 Å². The molecule has 4 rings (SSSR count). The van der Waals surface area contributed by atoms with Crippen LogP contribution in [0.5, 0.6) is 0 Å². The first-order valence-electron chi connectivity index (χ1n) is 11.9. The van der Waals surface area contributed by atoms with Crippen molar-refractivity contribution in [3.63, 3.8) is 0 Å². The fourth-order valence-electron chi connectivity index (χ4n) is 0.605. The van der Waals surface area contributed by atoms with Gasteiger partial charge in [-0.05, 0) is 46.7 Å². The van der Waals surface area contributed by atoms with Crippen LogP contribution in [0.2, 0.25) is 0 Å². The van der Waals surface area contributed by atoms with Crippen LogP contribution in [0, 0.1) is 23.7 Å². The number of nitrogens with one attached hydrogen (secondary N) is 2. The summed E-state index contributed by atoms with van der Waals surface area (Å²) in [5.41, 5.74) is 1.68. The summed E-state index contributed by atoms with van der Waals surface area (Å²) in [5, 5.41) is 17.3. The summed E-state index contributed by atoms with van der Waals surface area (Å²) in [6, 6.07) is 0. The third-order valence-electron chi connectivity index (χ3n) is 1.23. The minimum atomic E-state index is 0.833. The molecule has 0 saturated carbocycles. The van der Waals surface area contributed by atoms with Gasteiger partial charge < -0.3 is 0 Å². The molecule has 4 aromatic heterocycles. The molecule has 36 heavy (non-hydrogen) atoms. The van der Waals surface area contributed by atoms with Crippen molar-refractivity contribution in [3.8, 4) is 0 Å². The van der Waals surface area contributed by atoms with Crippen molar-refractivity contribution >= 4 is 23.1 Å². The molecule has 0 spiro atoms. The summed E-state index contributed by atoms with van der Waals surface area (Å²) in [6.45, 7) is 26.0. The number of nitrogens with zero attached hydrogens (tertiary/aromatic N) is 8. The van der Waals surface area contributed by atoms with Gasteiger partial charge in [0.05, 0.1) is 6.20 Å². The molecule has 0 aliphatic carbocycles. The second-order valence-corrected chi connectivity index (χ2v) is 10.7. The number of hydrogen-bond donors (Lipinski definition) is 2. The predicted octanol–water partition coefficient (Wildman–Crippen LogP) is 7.33. The lowest BCUT2D eigenvalue weighted by molar-refractivity contribution is 0.736. The van der Waals surface area contributed by atoms with E-state index in [1.165, 1.54) is 54.7 Å². The summed E-state index contributed by atoms with van der Waals surface area (Å²) in [7, 11) is 0. The van der Waals surface area contributed by atoms with Crippen molar-refractivity contribution < 1.29 is 0 Å². The van der Waals surface area contributed by atoms with Crippen LogP contribution in [-0.2, 0) is 0 Å². The van der Waals surface area contributed by atoms with E-state index >= 15 is 0 Å². The van der Waals surface area contributed by atoms with Gasteiger partial charge in [0.25, 0.3) is 0 Å². The Balaban J connectivity index is -0.000000163. The first kappa shape index (κ1) is 40.6. The first-order chi connectivity index (χ1) is 16.9. The highest BCUT2D eigenvalue weighted by Gasteiger charge is 1.69. The molecule has 208 valence electrons. The lowest BCUT2D eigenvalue weighted by atomic mass is 10.3. The number of aromatic amines is 2. The standard InChI is InChI=1S/4C4H10.2C2H3N3.2C2H2N2S/c4*1-4(2)3;3*1-3-2-5-4-1;1-2-5-4-3-1/h4*4H,1-3H3;2*1-2H,(H,3,4,5);2*1-2H. The van der Waals surface area contributed by atoms with E-state index in [0.29, 0.717) is 0 Å². The third kappa shape index (κ3) is 95.8. The summed E-state index contributed by atoms with van der Waals surface area (Å²) >= 11 is 2.70. The average molecular weight is 543 g/mol. The second-order valence-electron chi connectivity index (χ2n) is 9.40. The zero-order chi connectivity index (χ0) is 28.5. The first-order valence-corrected chi connectivity index (χ1v) is 13.6. The van der Waals surface area contributed by atoms with E-state index < -0.39 is 0 Å². The Morgan fingerprint density at radius 2 is 0.972 bits per heavy atom. The molecule has 4 aromatic rings. The number of aromatic nitrogens is 10. The van der Waals surface area contributed by atoms with Crippen molar-refractivity contribution in [1.82, 2.24) is 49.3 Å². The quantitative estimate of drug-likeness (QED) is 0.236. The van der Waals surface area contributed by atoms with Gasteiger partial charge in [0.1, 0.15) is 37.1 Å². The minimum Gasteiger partial charge on any atom is -0.266 e. The lowest BCUT2D eigenvalue weighted by Crippen LogP contribution is -1.66. The van der Waals surface area contributed by atoms with E-state index in [9.17, 15) is 0 Å². The molecule has 0 amide bonds.